The Balaban J connectivity index is 1.99. The Bertz CT molecular complexity index is 1400. The van der Waals surface area contributed by atoms with E-state index in [0.29, 0.717) is 5.56 Å². The number of carbonyl (C=O) groups excluding carboxylic acids is 1. The van der Waals surface area contributed by atoms with Gasteiger partial charge in [0.1, 0.15) is 0 Å². The molecular formula is C36H35O2P. The Labute approximate surface area is 232 Å². The normalized spacial score (nSPS) is 12.4. The zero-order valence-corrected chi connectivity index (χ0v) is 24.2. The fourth-order valence-electron chi connectivity index (χ4n) is 5.33. The number of aryl methyl sites for hydroxylation is 5. The topological polar surface area (TPSA) is 26.3 Å². The van der Waals surface area contributed by atoms with Gasteiger partial charge in [-0.2, -0.15) is 0 Å². The van der Waals surface area contributed by atoms with Gasteiger partial charge in [-0.1, -0.05) is 0 Å². The number of carbonyl (C=O) groups is 1. The molecule has 0 N–H and O–H groups in total. The molecule has 0 aliphatic rings. The third-order valence-electron chi connectivity index (χ3n) is 7.66. The summed E-state index contributed by atoms with van der Waals surface area (Å²) >= 11 is 0. The van der Waals surface area contributed by atoms with Gasteiger partial charge < -0.3 is 0 Å². The molecule has 0 unspecified atom stereocenters. The molecule has 5 aromatic rings. The van der Waals surface area contributed by atoms with Gasteiger partial charge in [-0.05, 0) is 0 Å². The van der Waals surface area contributed by atoms with Gasteiger partial charge in [0.25, 0.3) is 0 Å². The SMILES string of the molecule is Cc1ccc(C(=O)OP(c2ccc(C)cc2)(c2ccc(C)cc2)(c2ccc(C)cc2)c2ccc(C)cc2)cc1. The first-order chi connectivity index (χ1) is 18.7. The standard InChI is InChI=1S/C36H35O2P/c1-26-6-16-31(17-7-26)36(37)38-39(32-18-8-27(2)9-19-32,33-20-10-28(3)11-21-33,34-22-12-29(4)13-23-34)35-24-14-30(5)15-25-35/h6-25H,1-5H3. The van der Waals surface area contributed by atoms with E-state index in [1.165, 1.54) is 0 Å². The van der Waals surface area contributed by atoms with Gasteiger partial charge in [-0.3, -0.25) is 0 Å². The summed E-state index contributed by atoms with van der Waals surface area (Å²) in [5.74, 6) is -0.338. The van der Waals surface area contributed by atoms with Crippen LogP contribution in [0.25, 0.3) is 0 Å². The first-order valence-electron chi connectivity index (χ1n) is 13.3. The van der Waals surface area contributed by atoms with E-state index in [9.17, 15) is 4.79 Å². The summed E-state index contributed by atoms with van der Waals surface area (Å²) in [7, 11) is 0. The molecule has 196 valence electrons. The van der Waals surface area contributed by atoms with Crippen LogP contribution in [0.5, 0.6) is 0 Å². The van der Waals surface area contributed by atoms with Crippen LogP contribution in [-0.4, -0.2) is 5.97 Å². The second-order valence-corrected chi connectivity index (χ2v) is 14.9. The Morgan fingerprint density at radius 2 is 0.641 bits per heavy atom. The minimum atomic E-state index is -4.09. The van der Waals surface area contributed by atoms with Crippen LogP contribution in [0, 0.1) is 34.6 Å². The Morgan fingerprint density at radius 3 is 0.897 bits per heavy atom. The van der Waals surface area contributed by atoms with E-state index in [2.05, 4.69) is 125 Å². The first kappa shape index (κ1) is 26.6. The maximum absolute atomic E-state index is 14.3. The summed E-state index contributed by atoms with van der Waals surface area (Å²) < 4.78 is 7.25. The van der Waals surface area contributed by atoms with Crippen molar-refractivity contribution in [1.29, 1.82) is 0 Å². The van der Waals surface area contributed by atoms with E-state index in [-0.39, 0.29) is 5.97 Å². The molecule has 0 saturated carbocycles. The van der Waals surface area contributed by atoms with Gasteiger partial charge in [0.15, 0.2) is 0 Å². The fourth-order valence-corrected chi connectivity index (χ4v) is 10.8. The van der Waals surface area contributed by atoms with E-state index in [4.69, 9.17) is 4.52 Å². The summed E-state index contributed by atoms with van der Waals surface area (Å²) in [6.07, 6.45) is 0. The number of hydrogen-bond acceptors (Lipinski definition) is 2. The van der Waals surface area contributed by atoms with Gasteiger partial charge in [0.2, 0.25) is 0 Å². The number of hydrogen-bond donors (Lipinski definition) is 0. The number of benzene rings is 5. The van der Waals surface area contributed by atoms with Crippen molar-refractivity contribution in [1.82, 2.24) is 0 Å². The molecule has 5 rings (SSSR count). The maximum atomic E-state index is 14.3. The zero-order valence-electron chi connectivity index (χ0n) is 23.3. The van der Waals surface area contributed by atoms with Crippen molar-refractivity contribution in [3.63, 3.8) is 0 Å². The van der Waals surface area contributed by atoms with Crippen LogP contribution in [-0.2, 0) is 4.52 Å². The van der Waals surface area contributed by atoms with Crippen molar-refractivity contribution >= 4 is 34.0 Å². The molecule has 39 heavy (non-hydrogen) atoms. The first-order valence-corrected chi connectivity index (χ1v) is 15.5. The molecule has 2 nitrogen and oxygen atoms in total. The molecule has 0 aliphatic heterocycles. The quantitative estimate of drug-likeness (QED) is 0.218. The van der Waals surface area contributed by atoms with Crippen LogP contribution >= 0.6 is 6.83 Å². The van der Waals surface area contributed by atoms with Gasteiger partial charge in [0.05, 0.1) is 0 Å². The zero-order chi connectivity index (χ0) is 27.6. The predicted octanol–water partition coefficient (Wildman–Crippen LogP) is 7.16. The van der Waals surface area contributed by atoms with Gasteiger partial charge >= 0.3 is 233 Å². The summed E-state index contributed by atoms with van der Waals surface area (Å²) in [5, 5.41) is 3.96. The van der Waals surface area contributed by atoms with Crippen LogP contribution in [0.1, 0.15) is 38.2 Å². The fraction of sp³-hybridized carbons (Fsp3) is 0.139. The molecule has 3 heteroatoms. The predicted molar refractivity (Wildman–Crippen MR) is 167 cm³/mol. The molecule has 0 amide bonds. The summed E-state index contributed by atoms with van der Waals surface area (Å²) in [4.78, 5) is 14.3. The molecule has 0 atom stereocenters. The molecule has 0 aromatic heterocycles. The molecule has 0 aliphatic carbocycles. The molecule has 5 aromatic carbocycles. The van der Waals surface area contributed by atoms with E-state index in [1.807, 2.05) is 31.2 Å². The molecule has 0 fully saturated rings. The van der Waals surface area contributed by atoms with Crippen LogP contribution in [0.2, 0.25) is 0 Å². The van der Waals surface area contributed by atoms with Crippen LogP contribution in [0.3, 0.4) is 0 Å². The monoisotopic (exact) mass is 530 g/mol. The van der Waals surface area contributed by atoms with Crippen molar-refractivity contribution in [3.8, 4) is 0 Å². The Kier molecular flexibility index (Phi) is 7.02. The van der Waals surface area contributed by atoms with Crippen molar-refractivity contribution in [2.75, 3.05) is 0 Å². The van der Waals surface area contributed by atoms with E-state index >= 15 is 0 Å². The van der Waals surface area contributed by atoms with E-state index in [1.54, 1.807) is 0 Å². The van der Waals surface area contributed by atoms with Crippen LogP contribution in [0.4, 0.5) is 0 Å². The van der Waals surface area contributed by atoms with Crippen molar-refractivity contribution in [2.24, 2.45) is 0 Å². The molecular weight excluding hydrogens is 495 g/mol. The molecule has 0 saturated heterocycles. The molecule has 0 bridgehead atoms. The molecule has 0 spiro atoms. The van der Waals surface area contributed by atoms with E-state index in [0.717, 1.165) is 49.0 Å². The van der Waals surface area contributed by atoms with Crippen molar-refractivity contribution < 1.29 is 9.32 Å². The summed E-state index contributed by atoms with van der Waals surface area (Å²) in [5.41, 5.74) is 6.23. The number of rotatable bonds is 6. The van der Waals surface area contributed by atoms with Gasteiger partial charge in [-0.15, -0.1) is 0 Å². The van der Waals surface area contributed by atoms with E-state index < -0.39 is 6.83 Å². The Morgan fingerprint density at radius 1 is 0.410 bits per heavy atom. The Hall–Kier alpha value is -4.00. The second kappa shape index (κ2) is 10.3. The summed E-state index contributed by atoms with van der Waals surface area (Å²) in [6, 6.07) is 41.8. The third kappa shape index (κ3) is 4.50. The minimum absolute atomic E-state index is 0.338. The second-order valence-electron chi connectivity index (χ2n) is 10.6. The summed E-state index contributed by atoms with van der Waals surface area (Å²) in [6.45, 7) is 6.27. The average Bonchev–Trinajstić information content (AvgIpc) is 2.94. The van der Waals surface area contributed by atoms with Gasteiger partial charge in [0, 0.05) is 0 Å². The van der Waals surface area contributed by atoms with Crippen LogP contribution < -0.4 is 21.2 Å². The van der Waals surface area contributed by atoms with Crippen LogP contribution in [0.15, 0.2) is 121 Å². The molecule has 0 radical (unpaired) electrons. The van der Waals surface area contributed by atoms with Crippen molar-refractivity contribution in [3.05, 3.63) is 155 Å². The average molecular weight is 531 g/mol. The van der Waals surface area contributed by atoms with Gasteiger partial charge in [-0.25, -0.2) is 0 Å². The van der Waals surface area contributed by atoms with Crippen molar-refractivity contribution in [2.45, 2.75) is 34.6 Å². The molecule has 0 heterocycles. The third-order valence-corrected chi connectivity index (χ3v) is 13.3.